The molecular formula is C14H20F3N3. The number of nitrogens with zero attached hydrogens (tertiary/aromatic N) is 2. The van der Waals surface area contributed by atoms with Gasteiger partial charge in [0.15, 0.2) is 0 Å². The SMILES string of the molecule is C[C@H]1CCCN(Cc2cnc(CN)c(C(F)(F)F)c2)C1. The van der Waals surface area contributed by atoms with E-state index in [-0.39, 0.29) is 12.2 Å². The Morgan fingerprint density at radius 3 is 2.80 bits per heavy atom. The number of rotatable bonds is 3. The number of pyridine rings is 1. The van der Waals surface area contributed by atoms with E-state index in [4.69, 9.17) is 5.73 Å². The Hall–Kier alpha value is -1.14. The van der Waals surface area contributed by atoms with E-state index in [9.17, 15) is 13.2 Å². The highest BCUT2D eigenvalue weighted by Gasteiger charge is 2.34. The summed E-state index contributed by atoms with van der Waals surface area (Å²) < 4.78 is 38.8. The van der Waals surface area contributed by atoms with Gasteiger partial charge in [0.2, 0.25) is 0 Å². The Morgan fingerprint density at radius 2 is 2.20 bits per heavy atom. The fraction of sp³-hybridized carbons (Fsp3) is 0.643. The maximum absolute atomic E-state index is 12.9. The molecule has 3 nitrogen and oxygen atoms in total. The topological polar surface area (TPSA) is 42.2 Å². The third kappa shape index (κ3) is 3.70. The number of likely N-dealkylation sites (tertiary alicyclic amines) is 1. The van der Waals surface area contributed by atoms with Crippen LogP contribution in [0, 0.1) is 5.92 Å². The second-order valence-electron chi connectivity index (χ2n) is 5.52. The Labute approximate surface area is 117 Å². The summed E-state index contributed by atoms with van der Waals surface area (Å²) in [6.45, 7) is 4.36. The van der Waals surface area contributed by atoms with Gasteiger partial charge in [-0.1, -0.05) is 6.92 Å². The van der Waals surface area contributed by atoms with Gasteiger partial charge in [-0.3, -0.25) is 9.88 Å². The van der Waals surface area contributed by atoms with E-state index in [0.29, 0.717) is 18.0 Å². The summed E-state index contributed by atoms with van der Waals surface area (Å²) in [5.41, 5.74) is 5.13. The van der Waals surface area contributed by atoms with Crippen molar-refractivity contribution in [2.24, 2.45) is 11.7 Å². The number of piperidine rings is 1. The lowest BCUT2D eigenvalue weighted by Crippen LogP contribution is -2.33. The van der Waals surface area contributed by atoms with E-state index in [1.807, 2.05) is 0 Å². The molecule has 1 aromatic rings. The highest BCUT2D eigenvalue weighted by atomic mass is 19.4. The molecule has 1 atom stereocenters. The zero-order valence-electron chi connectivity index (χ0n) is 11.6. The molecule has 0 spiro atoms. The molecule has 1 fully saturated rings. The van der Waals surface area contributed by atoms with Gasteiger partial charge in [-0.25, -0.2) is 0 Å². The van der Waals surface area contributed by atoms with Gasteiger partial charge in [0.1, 0.15) is 0 Å². The molecule has 0 aromatic carbocycles. The van der Waals surface area contributed by atoms with Crippen LogP contribution in [0.3, 0.4) is 0 Å². The molecule has 112 valence electrons. The van der Waals surface area contributed by atoms with Crippen molar-refractivity contribution in [2.75, 3.05) is 13.1 Å². The molecule has 1 saturated heterocycles. The first kappa shape index (κ1) is 15.3. The van der Waals surface area contributed by atoms with Crippen LogP contribution >= 0.6 is 0 Å². The molecule has 0 saturated carbocycles. The second-order valence-corrected chi connectivity index (χ2v) is 5.52. The molecule has 0 aliphatic carbocycles. The first-order valence-corrected chi connectivity index (χ1v) is 6.87. The van der Waals surface area contributed by atoms with E-state index < -0.39 is 11.7 Å². The van der Waals surface area contributed by atoms with E-state index in [0.717, 1.165) is 19.5 Å². The fourth-order valence-corrected chi connectivity index (χ4v) is 2.72. The molecule has 0 radical (unpaired) electrons. The summed E-state index contributed by atoms with van der Waals surface area (Å²) in [5, 5.41) is 0. The smallest absolute Gasteiger partial charge is 0.325 e. The summed E-state index contributed by atoms with van der Waals surface area (Å²) in [5.74, 6) is 0.599. The van der Waals surface area contributed by atoms with Crippen LogP contribution < -0.4 is 5.73 Å². The van der Waals surface area contributed by atoms with Gasteiger partial charge in [0.25, 0.3) is 0 Å². The third-order valence-corrected chi connectivity index (χ3v) is 3.67. The monoisotopic (exact) mass is 287 g/mol. The van der Waals surface area contributed by atoms with Gasteiger partial charge in [0.05, 0.1) is 11.3 Å². The van der Waals surface area contributed by atoms with Crippen LogP contribution in [0.2, 0.25) is 0 Å². The first-order chi connectivity index (χ1) is 9.40. The molecule has 20 heavy (non-hydrogen) atoms. The highest BCUT2D eigenvalue weighted by Crippen LogP contribution is 2.32. The van der Waals surface area contributed by atoms with E-state index >= 15 is 0 Å². The summed E-state index contributed by atoms with van der Waals surface area (Å²) in [6.07, 6.45) is -0.597. The lowest BCUT2D eigenvalue weighted by molar-refractivity contribution is -0.138. The van der Waals surface area contributed by atoms with Crippen LogP contribution in [0.1, 0.15) is 36.6 Å². The predicted molar refractivity (Wildman–Crippen MR) is 70.8 cm³/mol. The predicted octanol–water partition coefficient (Wildman–Crippen LogP) is 2.79. The molecule has 2 rings (SSSR count). The number of hydrogen-bond donors (Lipinski definition) is 1. The standard InChI is InChI=1S/C14H20F3N3/c1-10-3-2-4-20(8-10)9-11-5-12(14(15,16)17)13(6-18)19-7-11/h5,7,10H,2-4,6,8-9,18H2,1H3/t10-/m0/s1. The lowest BCUT2D eigenvalue weighted by atomic mass is 9.99. The highest BCUT2D eigenvalue weighted by molar-refractivity contribution is 5.28. The summed E-state index contributed by atoms with van der Waals surface area (Å²) >= 11 is 0. The van der Waals surface area contributed by atoms with Crippen molar-refractivity contribution in [2.45, 2.75) is 39.0 Å². The molecule has 2 N–H and O–H groups in total. The van der Waals surface area contributed by atoms with Crippen molar-refractivity contribution < 1.29 is 13.2 Å². The van der Waals surface area contributed by atoms with Crippen molar-refractivity contribution >= 4 is 0 Å². The van der Waals surface area contributed by atoms with Crippen LogP contribution in [0.15, 0.2) is 12.3 Å². The number of nitrogens with two attached hydrogens (primary N) is 1. The van der Waals surface area contributed by atoms with Gasteiger partial charge >= 0.3 is 6.18 Å². The van der Waals surface area contributed by atoms with Crippen LogP contribution in [-0.4, -0.2) is 23.0 Å². The minimum absolute atomic E-state index is 0.0896. The molecular weight excluding hydrogens is 267 g/mol. The Kier molecular flexibility index (Phi) is 4.65. The van der Waals surface area contributed by atoms with E-state index in [2.05, 4.69) is 16.8 Å². The number of halogens is 3. The maximum atomic E-state index is 12.9. The lowest BCUT2D eigenvalue weighted by Gasteiger charge is -2.30. The van der Waals surface area contributed by atoms with Crippen LogP contribution in [0.5, 0.6) is 0 Å². The minimum atomic E-state index is -4.40. The zero-order valence-corrected chi connectivity index (χ0v) is 11.6. The van der Waals surface area contributed by atoms with Gasteiger partial charge in [-0.15, -0.1) is 0 Å². The van der Waals surface area contributed by atoms with Gasteiger partial charge in [-0.2, -0.15) is 13.2 Å². The summed E-state index contributed by atoms with van der Waals surface area (Å²) in [4.78, 5) is 6.06. The van der Waals surface area contributed by atoms with Crippen molar-refractivity contribution in [3.8, 4) is 0 Å². The molecule has 0 amide bonds. The number of alkyl halides is 3. The number of aromatic nitrogens is 1. The number of hydrogen-bond acceptors (Lipinski definition) is 3. The fourth-order valence-electron chi connectivity index (χ4n) is 2.72. The summed E-state index contributed by atoms with van der Waals surface area (Å²) in [6, 6.07) is 1.19. The van der Waals surface area contributed by atoms with Crippen molar-refractivity contribution in [1.29, 1.82) is 0 Å². The van der Waals surface area contributed by atoms with E-state index in [1.165, 1.54) is 18.7 Å². The van der Waals surface area contributed by atoms with Crippen molar-refractivity contribution in [3.63, 3.8) is 0 Å². The Morgan fingerprint density at radius 1 is 1.45 bits per heavy atom. The largest absolute Gasteiger partial charge is 0.418 e. The molecule has 0 bridgehead atoms. The van der Waals surface area contributed by atoms with Crippen molar-refractivity contribution in [1.82, 2.24) is 9.88 Å². The molecule has 1 aliphatic rings. The normalized spacial score (nSPS) is 21.1. The molecule has 6 heteroatoms. The van der Waals surface area contributed by atoms with Gasteiger partial charge in [-0.05, 0) is 36.9 Å². The van der Waals surface area contributed by atoms with Crippen LogP contribution in [0.4, 0.5) is 13.2 Å². The molecule has 1 aliphatic heterocycles. The maximum Gasteiger partial charge on any atom is 0.418 e. The average Bonchev–Trinajstić information content (AvgIpc) is 2.37. The summed E-state index contributed by atoms with van der Waals surface area (Å²) in [7, 11) is 0. The molecule has 2 heterocycles. The second kappa shape index (κ2) is 6.10. The average molecular weight is 287 g/mol. The van der Waals surface area contributed by atoms with Crippen LogP contribution in [0.25, 0.3) is 0 Å². The first-order valence-electron chi connectivity index (χ1n) is 6.87. The molecule has 0 unspecified atom stereocenters. The van der Waals surface area contributed by atoms with Crippen LogP contribution in [-0.2, 0) is 19.3 Å². The van der Waals surface area contributed by atoms with Gasteiger partial charge < -0.3 is 5.73 Å². The molecule has 1 aromatic heterocycles. The Balaban J connectivity index is 2.16. The van der Waals surface area contributed by atoms with Gasteiger partial charge in [0, 0.05) is 25.8 Å². The van der Waals surface area contributed by atoms with E-state index in [1.54, 1.807) is 0 Å². The zero-order chi connectivity index (χ0) is 14.8. The quantitative estimate of drug-likeness (QED) is 0.929. The van der Waals surface area contributed by atoms with Crippen molar-refractivity contribution in [3.05, 3.63) is 29.1 Å². The Bertz CT molecular complexity index is 459. The minimum Gasteiger partial charge on any atom is -0.325 e. The third-order valence-electron chi connectivity index (χ3n) is 3.67.